The molecule has 0 saturated heterocycles. The summed E-state index contributed by atoms with van der Waals surface area (Å²) in [5, 5.41) is 9.33. The maximum atomic E-state index is 14.8. The summed E-state index contributed by atoms with van der Waals surface area (Å²) in [5.41, 5.74) is 4.64. The van der Waals surface area contributed by atoms with E-state index < -0.39 is 0 Å². The molecule has 0 bridgehead atoms. The van der Waals surface area contributed by atoms with Crippen LogP contribution >= 0.6 is 11.3 Å². The summed E-state index contributed by atoms with van der Waals surface area (Å²) in [5.74, 6) is 0.771. The van der Waals surface area contributed by atoms with Crippen LogP contribution in [0.4, 0.5) is 21.0 Å². The number of hydrogen-bond acceptors (Lipinski definition) is 7. The number of fused-ring (bicyclic) bond motifs is 2. The molecule has 30 heavy (non-hydrogen) atoms. The van der Waals surface area contributed by atoms with E-state index in [0.29, 0.717) is 12.4 Å². The fourth-order valence-electron chi connectivity index (χ4n) is 3.97. The van der Waals surface area contributed by atoms with Crippen molar-refractivity contribution >= 4 is 28.0 Å². The van der Waals surface area contributed by atoms with E-state index >= 15 is 0 Å². The minimum Gasteiger partial charge on any atom is -0.486 e. The first-order valence-corrected chi connectivity index (χ1v) is 11.1. The van der Waals surface area contributed by atoms with Crippen LogP contribution in [0.5, 0.6) is 5.75 Å². The number of pyridine rings is 1. The molecule has 2 aromatic heterocycles. The fraction of sp³-hybridized carbons (Fsp3) is 0.364. The summed E-state index contributed by atoms with van der Waals surface area (Å²) in [6.07, 6.45) is 0.927. The highest BCUT2D eigenvalue weighted by atomic mass is 32.1. The number of halogens is 1. The van der Waals surface area contributed by atoms with Gasteiger partial charge in [-0.2, -0.15) is 0 Å². The molecule has 2 aliphatic heterocycles. The summed E-state index contributed by atoms with van der Waals surface area (Å²) in [4.78, 5) is 11.6. The van der Waals surface area contributed by atoms with Gasteiger partial charge < -0.3 is 20.3 Å². The van der Waals surface area contributed by atoms with Crippen LogP contribution in [-0.2, 0) is 13.0 Å². The van der Waals surface area contributed by atoms with Gasteiger partial charge in [0.2, 0.25) is 0 Å². The van der Waals surface area contributed by atoms with E-state index in [1.165, 1.54) is 23.0 Å². The Morgan fingerprint density at radius 1 is 1.27 bits per heavy atom. The molecule has 2 aliphatic rings. The summed E-state index contributed by atoms with van der Waals surface area (Å²) in [6.45, 7) is 7.27. The molecule has 5 rings (SSSR count). The highest BCUT2D eigenvalue weighted by molar-refractivity contribution is 7.14. The van der Waals surface area contributed by atoms with Crippen LogP contribution in [0.25, 0.3) is 11.3 Å². The van der Waals surface area contributed by atoms with E-state index in [4.69, 9.17) is 9.72 Å². The van der Waals surface area contributed by atoms with Gasteiger partial charge in [0.05, 0.1) is 17.9 Å². The van der Waals surface area contributed by atoms with Crippen molar-refractivity contribution in [3.05, 3.63) is 46.7 Å². The lowest BCUT2D eigenvalue weighted by Crippen LogP contribution is -2.38. The average molecular weight is 426 g/mol. The number of nitrogens with one attached hydrogen (secondary N) is 2. The third-order valence-electron chi connectivity index (χ3n) is 5.49. The standard InChI is InChI=1S/C22H24FN5OS/c1-13(2)28-7-8-29-21-16(23)9-15(10-19(21)28)18-12-30-22(26-18)27-20-4-3-14-11-24-6-5-17(14)25-20/h3-4,9-10,12-13,24H,5-8,11H2,1-2H3,(H,25,26,27). The second-order valence-corrected chi connectivity index (χ2v) is 8.69. The normalized spacial score (nSPS) is 15.5. The van der Waals surface area contributed by atoms with Crippen molar-refractivity contribution in [2.45, 2.75) is 32.9 Å². The molecule has 4 heterocycles. The number of rotatable bonds is 4. The van der Waals surface area contributed by atoms with E-state index in [-0.39, 0.29) is 11.9 Å². The van der Waals surface area contributed by atoms with E-state index in [1.54, 1.807) is 0 Å². The zero-order valence-electron chi connectivity index (χ0n) is 17.0. The van der Waals surface area contributed by atoms with E-state index in [2.05, 4.69) is 40.4 Å². The molecule has 0 fully saturated rings. The Hall–Kier alpha value is -2.71. The lowest BCUT2D eigenvalue weighted by Gasteiger charge is -2.34. The Labute approximate surface area is 179 Å². The molecule has 0 saturated carbocycles. The second kappa shape index (κ2) is 7.85. The zero-order chi connectivity index (χ0) is 20.7. The predicted molar refractivity (Wildman–Crippen MR) is 118 cm³/mol. The Morgan fingerprint density at radius 2 is 2.17 bits per heavy atom. The van der Waals surface area contributed by atoms with Gasteiger partial charge in [0.25, 0.3) is 0 Å². The first-order chi connectivity index (χ1) is 14.6. The molecule has 0 unspecified atom stereocenters. The molecular formula is C22H24FN5OS. The molecule has 0 amide bonds. The number of nitrogens with zero attached hydrogens (tertiary/aromatic N) is 3. The van der Waals surface area contributed by atoms with Crippen LogP contribution in [0.1, 0.15) is 25.1 Å². The first-order valence-electron chi connectivity index (χ1n) is 10.2. The van der Waals surface area contributed by atoms with Gasteiger partial charge in [-0.25, -0.2) is 14.4 Å². The molecule has 3 aromatic rings. The zero-order valence-corrected chi connectivity index (χ0v) is 17.9. The van der Waals surface area contributed by atoms with Crippen LogP contribution in [-0.4, -0.2) is 35.7 Å². The smallest absolute Gasteiger partial charge is 0.188 e. The van der Waals surface area contributed by atoms with Gasteiger partial charge >= 0.3 is 0 Å². The third-order valence-corrected chi connectivity index (χ3v) is 6.25. The van der Waals surface area contributed by atoms with Gasteiger partial charge in [-0.05, 0) is 37.6 Å². The topological polar surface area (TPSA) is 62.3 Å². The Balaban J connectivity index is 1.42. The molecule has 6 nitrogen and oxygen atoms in total. The molecule has 156 valence electrons. The predicted octanol–water partition coefficient (Wildman–Crippen LogP) is 4.34. The van der Waals surface area contributed by atoms with Gasteiger partial charge in [-0.15, -0.1) is 11.3 Å². The number of thiazole rings is 1. The van der Waals surface area contributed by atoms with Crippen LogP contribution in [0.2, 0.25) is 0 Å². The minimum absolute atomic E-state index is 0.264. The molecule has 2 N–H and O–H groups in total. The second-order valence-electron chi connectivity index (χ2n) is 7.83. The molecule has 0 aliphatic carbocycles. The number of ether oxygens (including phenoxy) is 1. The van der Waals surface area contributed by atoms with Crippen LogP contribution in [0, 0.1) is 5.82 Å². The van der Waals surface area contributed by atoms with Gasteiger partial charge in [-0.3, -0.25) is 0 Å². The highest BCUT2D eigenvalue weighted by Crippen LogP contribution is 2.39. The van der Waals surface area contributed by atoms with Crippen LogP contribution in [0.15, 0.2) is 29.6 Å². The average Bonchev–Trinajstić information content (AvgIpc) is 3.21. The number of aromatic nitrogens is 2. The molecular weight excluding hydrogens is 401 g/mol. The molecule has 0 atom stereocenters. The van der Waals surface area contributed by atoms with Gasteiger partial charge in [0, 0.05) is 42.2 Å². The van der Waals surface area contributed by atoms with Crippen LogP contribution < -0.4 is 20.3 Å². The summed E-state index contributed by atoms with van der Waals surface area (Å²) >= 11 is 1.49. The van der Waals surface area contributed by atoms with E-state index in [0.717, 1.165) is 59.6 Å². The monoisotopic (exact) mass is 425 g/mol. The SMILES string of the molecule is CC(C)N1CCOc2c(F)cc(-c3csc(Nc4ccc5c(n4)CCNC5)n3)cc21. The maximum Gasteiger partial charge on any atom is 0.188 e. The maximum absolute atomic E-state index is 14.8. The number of hydrogen-bond donors (Lipinski definition) is 2. The largest absolute Gasteiger partial charge is 0.486 e. The Bertz CT molecular complexity index is 1080. The van der Waals surface area contributed by atoms with Crippen molar-refractivity contribution in [3.8, 4) is 17.0 Å². The van der Waals surface area contributed by atoms with Crippen molar-refractivity contribution in [1.82, 2.24) is 15.3 Å². The first kappa shape index (κ1) is 19.3. The summed E-state index contributed by atoms with van der Waals surface area (Å²) in [7, 11) is 0. The van der Waals surface area contributed by atoms with Crippen LogP contribution in [0.3, 0.4) is 0 Å². The van der Waals surface area contributed by atoms with Crippen molar-refractivity contribution in [2.75, 3.05) is 29.9 Å². The molecule has 8 heteroatoms. The van der Waals surface area contributed by atoms with Gasteiger partial charge in [0.1, 0.15) is 12.4 Å². The lowest BCUT2D eigenvalue weighted by atomic mass is 10.1. The van der Waals surface area contributed by atoms with Crippen molar-refractivity contribution in [3.63, 3.8) is 0 Å². The fourth-order valence-corrected chi connectivity index (χ4v) is 4.69. The summed E-state index contributed by atoms with van der Waals surface area (Å²) in [6, 6.07) is 7.82. The summed E-state index contributed by atoms with van der Waals surface area (Å²) < 4.78 is 20.4. The van der Waals surface area contributed by atoms with Gasteiger partial charge in [0.15, 0.2) is 16.7 Å². The Kier molecular flexibility index (Phi) is 5.04. The molecule has 1 aromatic carbocycles. The third kappa shape index (κ3) is 3.61. The number of anilines is 3. The molecule has 0 radical (unpaired) electrons. The minimum atomic E-state index is -0.347. The van der Waals surface area contributed by atoms with Crippen molar-refractivity contribution in [1.29, 1.82) is 0 Å². The number of benzene rings is 1. The molecule has 0 spiro atoms. The van der Waals surface area contributed by atoms with E-state index in [1.807, 2.05) is 17.5 Å². The van der Waals surface area contributed by atoms with Crippen molar-refractivity contribution < 1.29 is 9.13 Å². The Morgan fingerprint density at radius 3 is 3.03 bits per heavy atom. The van der Waals surface area contributed by atoms with Crippen molar-refractivity contribution in [2.24, 2.45) is 0 Å². The van der Waals surface area contributed by atoms with Gasteiger partial charge in [-0.1, -0.05) is 6.07 Å². The lowest BCUT2D eigenvalue weighted by molar-refractivity contribution is 0.287. The quantitative estimate of drug-likeness (QED) is 0.648. The highest BCUT2D eigenvalue weighted by Gasteiger charge is 2.25. The van der Waals surface area contributed by atoms with E-state index in [9.17, 15) is 4.39 Å².